The number of nitrogens with two attached hydrogens (primary N) is 1. The van der Waals surface area contributed by atoms with Crippen LogP contribution in [-0.4, -0.2) is 26.8 Å². The molecule has 1 aliphatic rings. The van der Waals surface area contributed by atoms with E-state index in [1.54, 1.807) is 61.8 Å². The first-order valence-corrected chi connectivity index (χ1v) is 16.4. The van der Waals surface area contributed by atoms with E-state index in [2.05, 4.69) is 27.2 Å². The third-order valence-corrected chi connectivity index (χ3v) is 7.49. The summed E-state index contributed by atoms with van der Waals surface area (Å²) < 4.78 is 28.1. The van der Waals surface area contributed by atoms with Crippen LogP contribution in [-0.2, 0) is 17.6 Å². The second-order valence-corrected chi connectivity index (χ2v) is 11.2. The highest BCUT2D eigenvalue weighted by atomic mass is 19.1. The molecule has 0 radical (unpaired) electrons. The van der Waals surface area contributed by atoms with Crippen LogP contribution in [0.4, 0.5) is 8.78 Å². The molecule has 3 aromatic heterocycles. The number of halogens is 2. The Morgan fingerprint density at radius 2 is 1.67 bits per heavy atom. The fourth-order valence-electron chi connectivity index (χ4n) is 4.92. The maximum Gasteiger partial charge on any atom is 0.251 e. The van der Waals surface area contributed by atoms with Crippen molar-refractivity contribution in [3.05, 3.63) is 123 Å². The van der Waals surface area contributed by atoms with Crippen molar-refractivity contribution in [2.45, 2.75) is 73.3 Å². The Kier molecular flexibility index (Phi) is 13.8. The van der Waals surface area contributed by atoms with Crippen molar-refractivity contribution in [1.29, 1.82) is 0 Å². The lowest BCUT2D eigenvalue weighted by molar-refractivity contribution is -0.121. The van der Waals surface area contributed by atoms with Crippen LogP contribution < -0.4 is 16.6 Å². The van der Waals surface area contributed by atoms with E-state index in [1.165, 1.54) is 25.0 Å². The predicted octanol–water partition coefficient (Wildman–Crippen LogP) is 7.72. The van der Waals surface area contributed by atoms with Crippen LogP contribution in [0.3, 0.4) is 0 Å². The molecular weight excluding hydrogens is 612 g/mol. The molecule has 6 rings (SSSR count). The number of carbonyl (C=O) groups excluding carboxylic acids is 2. The molecule has 8 nitrogen and oxygen atoms in total. The number of aromatic amines is 2. The van der Waals surface area contributed by atoms with Crippen LogP contribution in [0.25, 0.3) is 22.2 Å². The highest BCUT2D eigenvalue weighted by Gasteiger charge is 2.23. The number of nitrogens with one attached hydrogen (secondary N) is 3. The van der Waals surface area contributed by atoms with Gasteiger partial charge in [-0.1, -0.05) is 65.7 Å². The van der Waals surface area contributed by atoms with Crippen molar-refractivity contribution in [2.24, 2.45) is 11.7 Å². The van der Waals surface area contributed by atoms with Crippen LogP contribution >= 0.6 is 0 Å². The Labute approximate surface area is 280 Å². The molecular formula is C38H45F2N5O3. The van der Waals surface area contributed by atoms with Crippen LogP contribution in [0.1, 0.15) is 86.2 Å². The van der Waals surface area contributed by atoms with Crippen LogP contribution in [0.2, 0.25) is 0 Å². The minimum Gasteiger partial charge on any atom is -0.366 e. The highest BCUT2D eigenvalue weighted by molar-refractivity contribution is 5.94. The minimum absolute atomic E-state index is 0.0316. The van der Waals surface area contributed by atoms with Crippen molar-refractivity contribution in [2.75, 3.05) is 0 Å². The van der Waals surface area contributed by atoms with Gasteiger partial charge in [0.25, 0.3) is 5.56 Å². The summed E-state index contributed by atoms with van der Waals surface area (Å²) in [6, 6.07) is 14.2. The number of benzene rings is 2. The first-order chi connectivity index (χ1) is 23.1. The molecule has 5 aromatic rings. The number of primary amides is 1. The van der Waals surface area contributed by atoms with Gasteiger partial charge in [0.2, 0.25) is 11.8 Å². The second-order valence-electron chi connectivity index (χ2n) is 11.2. The third-order valence-electron chi connectivity index (χ3n) is 7.49. The SMILES string of the molecule is CC.CC.CC1CC1.Cc1cc2[nH]cc(CC(=O)NC(Cc3cc(F)cc(F)c3)c3ncccc3-c3cccc(C(N)=O)c3)c2[nH]c1=O. The summed E-state index contributed by atoms with van der Waals surface area (Å²) in [4.78, 5) is 47.7. The third kappa shape index (κ3) is 10.2. The zero-order valence-electron chi connectivity index (χ0n) is 28.4. The predicted molar refractivity (Wildman–Crippen MR) is 188 cm³/mol. The molecule has 10 heteroatoms. The van der Waals surface area contributed by atoms with Crippen molar-refractivity contribution >= 4 is 22.8 Å². The number of hydrogen-bond donors (Lipinski definition) is 4. The molecule has 0 aliphatic heterocycles. The van der Waals surface area contributed by atoms with E-state index in [-0.39, 0.29) is 18.4 Å². The summed E-state index contributed by atoms with van der Waals surface area (Å²) in [5.41, 5.74) is 9.84. The molecule has 2 amide bonds. The molecule has 3 heterocycles. The zero-order chi connectivity index (χ0) is 35.4. The number of H-pyrrole nitrogens is 2. The number of nitrogens with zero attached hydrogens (tertiary/aromatic N) is 1. The monoisotopic (exact) mass is 657 g/mol. The van der Waals surface area contributed by atoms with Crippen LogP contribution in [0.15, 0.2) is 77.9 Å². The summed E-state index contributed by atoms with van der Waals surface area (Å²) >= 11 is 0. The van der Waals surface area contributed by atoms with Crippen LogP contribution in [0.5, 0.6) is 0 Å². The maximum absolute atomic E-state index is 14.0. The van der Waals surface area contributed by atoms with Crippen molar-refractivity contribution < 1.29 is 18.4 Å². The summed E-state index contributed by atoms with van der Waals surface area (Å²) in [6.07, 6.45) is 6.13. The van der Waals surface area contributed by atoms with Gasteiger partial charge in [0.1, 0.15) is 11.6 Å². The summed E-state index contributed by atoms with van der Waals surface area (Å²) in [6.45, 7) is 12.0. The Bertz CT molecular complexity index is 1880. The molecule has 1 atom stereocenters. The molecule has 2 aromatic carbocycles. The average molecular weight is 658 g/mol. The number of carbonyl (C=O) groups is 2. The number of aryl methyl sites for hydroxylation is 1. The normalized spacial score (nSPS) is 12.3. The molecule has 0 spiro atoms. The molecule has 254 valence electrons. The summed E-state index contributed by atoms with van der Waals surface area (Å²) in [5.74, 6) is -1.40. The van der Waals surface area contributed by atoms with E-state index >= 15 is 0 Å². The fourth-order valence-corrected chi connectivity index (χ4v) is 4.92. The van der Waals surface area contributed by atoms with Gasteiger partial charge in [-0.05, 0) is 66.8 Å². The van der Waals surface area contributed by atoms with Crippen LogP contribution in [0, 0.1) is 24.5 Å². The largest absolute Gasteiger partial charge is 0.366 e. The van der Waals surface area contributed by atoms with Gasteiger partial charge in [-0.25, -0.2) is 8.78 Å². The number of aromatic nitrogens is 3. The molecule has 0 bridgehead atoms. The quantitative estimate of drug-likeness (QED) is 0.136. The smallest absolute Gasteiger partial charge is 0.251 e. The van der Waals surface area contributed by atoms with E-state index in [0.29, 0.717) is 50.1 Å². The number of amides is 2. The summed E-state index contributed by atoms with van der Waals surface area (Å²) in [7, 11) is 0. The maximum atomic E-state index is 14.0. The van der Waals surface area contributed by atoms with E-state index in [1.807, 2.05) is 27.7 Å². The average Bonchev–Trinajstić information content (AvgIpc) is 3.78. The topological polar surface area (TPSA) is 134 Å². The Hall–Kier alpha value is -5.12. The summed E-state index contributed by atoms with van der Waals surface area (Å²) in [5, 5.41) is 2.95. The molecule has 1 saturated carbocycles. The number of fused-ring (bicyclic) bond motifs is 1. The highest BCUT2D eigenvalue weighted by Crippen LogP contribution is 2.30. The number of rotatable bonds is 8. The van der Waals surface area contributed by atoms with Gasteiger partial charge in [-0.2, -0.15) is 0 Å². The van der Waals surface area contributed by atoms with E-state index < -0.39 is 29.5 Å². The van der Waals surface area contributed by atoms with Gasteiger partial charge in [0.05, 0.1) is 29.2 Å². The number of pyridine rings is 2. The minimum atomic E-state index is -0.798. The molecule has 48 heavy (non-hydrogen) atoms. The Morgan fingerprint density at radius 3 is 2.29 bits per heavy atom. The van der Waals surface area contributed by atoms with Gasteiger partial charge < -0.3 is 21.0 Å². The molecule has 0 saturated heterocycles. The van der Waals surface area contributed by atoms with Crippen molar-refractivity contribution in [3.8, 4) is 11.1 Å². The van der Waals surface area contributed by atoms with Gasteiger partial charge in [0.15, 0.2) is 0 Å². The van der Waals surface area contributed by atoms with Gasteiger partial charge >= 0.3 is 0 Å². The van der Waals surface area contributed by atoms with E-state index in [9.17, 15) is 23.2 Å². The van der Waals surface area contributed by atoms with Gasteiger partial charge in [0, 0.05) is 40.7 Å². The first kappa shape index (κ1) is 37.3. The molecule has 1 unspecified atom stereocenters. The lowest BCUT2D eigenvalue weighted by Crippen LogP contribution is -2.32. The number of hydrogen-bond acceptors (Lipinski definition) is 4. The zero-order valence-corrected chi connectivity index (χ0v) is 28.4. The van der Waals surface area contributed by atoms with Gasteiger partial charge in [-0.3, -0.25) is 19.4 Å². The molecule has 5 N–H and O–H groups in total. The lowest BCUT2D eigenvalue weighted by atomic mass is 9.94. The van der Waals surface area contributed by atoms with Crippen molar-refractivity contribution in [1.82, 2.24) is 20.3 Å². The standard InChI is InChI=1S/C30H25F2N5O3.C4H8.2C2H6/c1-16-8-24-27(37-30(16)40)20(15-35-24)13-26(38)36-25(11-17-9-21(31)14-22(32)10-17)28-23(6-3-7-34-28)18-4-2-5-19(12-18)29(33)39;1-4-2-3-4;2*1-2/h2-10,12,14-15,25,35H,11,13H2,1H3,(H2,33,39)(H,36,38)(H,37,40);4H,2-3H2,1H3;2*1-2H3. The second kappa shape index (κ2) is 17.7. The van der Waals surface area contributed by atoms with Gasteiger partial charge in [-0.15, -0.1) is 0 Å². The molecule has 1 fully saturated rings. The fraction of sp³-hybridized carbons (Fsp3) is 0.316. The molecule has 1 aliphatic carbocycles. The van der Waals surface area contributed by atoms with E-state index in [4.69, 9.17) is 5.73 Å². The van der Waals surface area contributed by atoms with E-state index in [0.717, 1.165) is 12.0 Å². The first-order valence-electron chi connectivity index (χ1n) is 16.4. The Morgan fingerprint density at radius 1 is 1.00 bits per heavy atom. The van der Waals surface area contributed by atoms with Crippen molar-refractivity contribution in [3.63, 3.8) is 0 Å². The Balaban J connectivity index is 0.000000704. The lowest BCUT2D eigenvalue weighted by Gasteiger charge is -2.22.